The molecule has 88 valence electrons. The third kappa shape index (κ3) is 2.41. The van der Waals surface area contributed by atoms with Crippen LogP contribution >= 0.6 is 0 Å². The normalized spacial score (nSPS) is 10.5. The number of hydrogen-bond acceptors (Lipinski definition) is 2. The highest BCUT2D eigenvalue weighted by Crippen LogP contribution is 2.24. The first kappa shape index (κ1) is 11.5. The van der Waals surface area contributed by atoms with Gasteiger partial charge in [-0.3, -0.25) is 0 Å². The first-order valence-electron chi connectivity index (χ1n) is 5.70. The van der Waals surface area contributed by atoms with Crippen molar-refractivity contribution in [3.05, 3.63) is 58.7 Å². The highest BCUT2D eigenvalue weighted by Gasteiger charge is 2.05. The number of phenolic OH excluding ortho intramolecular Hbond substituents is 1. The van der Waals surface area contributed by atoms with Crippen molar-refractivity contribution in [2.75, 3.05) is 5.73 Å². The zero-order valence-electron chi connectivity index (χ0n) is 10.2. The maximum Gasteiger partial charge on any atom is 0.138 e. The van der Waals surface area contributed by atoms with Crippen LogP contribution in [0, 0.1) is 13.8 Å². The SMILES string of the molecule is Cc1cccc(C)c1Cc1ccc(O)c(N)c1. The van der Waals surface area contributed by atoms with Crippen molar-refractivity contribution in [1.82, 2.24) is 0 Å². The molecule has 0 aliphatic rings. The molecule has 17 heavy (non-hydrogen) atoms. The zero-order valence-corrected chi connectivity index (χ0v) is 10.2. The molecule has 0 heterocycles. The van der Waals surface area contributed by atoms with Crippen LogP contribution in [0.25, 0.3) is 0 Å². The predicted octanol–water partition coefficient (Wildman–Crippen LogP) is 3.18. The molecule has 0 fully saturated rings. The Morgan fingerprint density at radius 3 is 2.29 bits per heavy atom. The average Bonchev–Trinajstić information content (AvgIpc) is 2.28. The molecule has 0 amide bonds. The first-order valence-corrected chi connectivity index (χ1v) is 5.70. The topological polar surface area (TPSA) is 46.2 Å². The van der Waals surface area contributed by atoms with Crippen LogP contribution in [0.15, 0.2) is 36.4 Å². The maximum atomic E-state index is 9.39. The quantitative estimate of drug-likeness (QED) is 0.611. The number of anilines is 1. The third-order valence-electron chi connectivity index (χ3n) is 3.12. The van der Waals surface area contributed by atoms with Gasteiger partial charge in [-0.2, -0.15) is 0 Å². The number of phenols is 1. The molecule has 0 aliphatic carbocycles. The lowest BCUT2D eigenvalue weighted by atomic mass is 9.96. The molecule has 2 rings (SSSR count). The summed E-state index contributed by atoms with van der Waals surface area (Å²) in [5, 5.41) is 9.39. The van der Waals surface area contributed by atoms with Crippen LogP contribution in [0.5, 0.6) is 5.75 Å². The van der Waals surface area contributed by atoms with E-state index in [0.717, 1.165) is 12.0 Å². The Bertz CT molecular complexity index is 526. The van der Waals surface area contributed by atoms with E-state index in [0.29, 0.717) is 5.69 Å². The van der Waals surface area contributed by atoms with Crippen LogP contribution in [-0.4, -0.2) is 5.11 Å². The van der Waals surface area contributed by atoms with Crippen molar-refractivity contribution in [3.63, 3.8) is 0 Å². The molecule has 0 atom stereocenters. The smallest absolute Gasteiger partial charge is 0.138 e. The standard InChI is InChI=1S/C15H17NO/c1-10-4-3-5-11(2)13(10)8-12-6-7-15(17)14(16)9-12/h3-7,9,17H,8,16H2,1-2H3. The highest BCUT2D eigenvalue weighted by atomic mass is 16.3. The van der Waals surface area contributed by atoms with Gasteiger partial charge in [-0.15, -0.1) is 0 Å². The Balaban J connectivity index is 2.35. The van der Waals surface area contributed by atoms with Crippen molar-refractivity contribution >= 4 is 5.69 Å². The average molecular weight is 227 g/mol. The Morgan fingerprint density at radius 1 is 1.06 bits per heavy atom. The predicted molar refractivity (Wildman–Crippen MR) is 71.2 cm³/mol. The Labute approximate surface area is 102 Å². The van der Waals surface area contributed by atoms with Crippen LogP contribution < -0.4 is 5.73 Å². The fourth-order valence-corrected chi connectivity index (χ4v) is 2.05. The lowest BCUT2D eigenvalue weighted by molar-refractivity contribution is 0.478. The van der Waals surface area contributed by atoms with Gasteiger partial charge < -0.3 is 10.8 Å². The molecule has 2 aromatic carbocycles. The fourth-order valence-electron chi connectivity index (χ4n) is 2.05. The lowest BCUT2D eigenvalue weighted by Gasteiger charge is -2.10. The maximum absolute atomic E-state index is 9.39. The van der Waals surface area contributed by atoms with E-state index in [1.54, 1.807) is 6.07 Å². The Hall–Kier alpha value is -1.96. The second-order valence-corrected chi connectivity index (χ2v) is 4.44. The number of nitrogens with two attached hydrogens (primary N) is 1. The van der Waals surface area contributed by atoms with Gasteiger partial charge in [0, 0.05) is 0 Å². The summed E-state index contributed by atoms with van der Waals surface area (Å²) in [6, 6.07) is 11.7. The van der Waals surface area contributed by atoms with Crippen LogP contribution in [-0.2, 0) is 6.42 Å². The van der Waals surface area contributed by atoms with Crippen molar-refractivity contribution < 1.29 is 5.11 Å². The molecule has 0 unspecified atom stereocenters. The van der Waals surface area contributed by atoms with Gasteiger partial charge in [-0.1, -0.05) is 24.3 Å². The fraction of sp³-hybridized carbons (Fsp3) is 0.200. The molecule has 0 radical (unpaired) electrons. The van der Waals surface area contributed by atoms with E-state index < -0.39 is 0 Å². The summed E-state index contributed by atoms with van der Waals surface area (Å²) in [5.74, 6) is 0.148. The van der Waals surface area contributed by atoms with Gasteiger partial charge in [0.25, 0.3) is 0 Å². The van der Waals surface area contributed by atoms with Gasteiger partial charge in [0.05, 0.1) is 5.69 Å². The van der Waals surface area contributed by atoms with Gasteiger partial charge >= 0.3 is 0 Å². The molecular weight excluding hydrogens is 210 g/mol. The summed E-state index contributed by atoms with van der Waals surface area (Å²) < 4.78 is 0. The zero-order chi connectivity index (χ0) is 12.4. The highest BCUT2D eigenvalue weighted by molar-refractivity contribution is 5.54. The van der Waals surface area contributed by atoms with Crippen molar-refractivity contribution in [1.29, 1.82) is 0 Å². The van der Waals surface area contributed by atoms with Gasteiger partial charge in [0.15, 0.2) is 0 Å². The molecular formula is C15H17NO. The van der Waals surface area contributed by atoms with E-state index in [1.807, 2.05) is 12.1 Å². The molecule has 0 spiro atoms. The lowest BCUT2D eigenvalue weighted by Crippen LogP contribution is -1.96. The molecule has 2 heteroatoms. The number of hydrogen-bond donors (Lipinski definition) is 2. The summed E-state index contributed by atoms with van der Waals surface area (Å²) in [5.41, 5.74) is 11.2. The number of benzene rings is 2. The molecule has 0 saturated carbocycles. The van der Waals surface area contributed by atoms with Crippen LogP contribution in [0.2, 0.25) is 0 Å². The number of aromatic hydroxyl groups is 1. The van der Waals surface area contributed by atoms with Gasteiger partial charge in [-0.25, -0.2) is 0 Å². The molecule has 3 N–H and O–H groups in total. The van der Waals surface area contributed by atoms with Crippen LogP contribution in [0.1, 0.15) is 22.3 Å². The molecule has 0 saturated heterocycles. The van der Waals surface area contributed by atoms with E-state index in [-0.39, 0.29) is 5.75 Å². The first-order chi connectivity index (χ1) is 8.08. The summed E-state index contributed by atoms with van der Waals surface area (Å²) in [4.78, 5) is 0. The van der Waals surface area contributed by atoms with Gasteiger partial charge in [-0.05, 0) is 54.7 Å². The van der Waals surface area contributed by atoms with Crippen molar-refractivity contribution in [3.8, 4) is 5.75 Å². The van der Waals surface area contributed by atoms with E-state index >= 15 is 0 Å². The van der Waals surface area contributed by atoms with E-state index in [2.05, 4.69) is 32.0 Å². The molecule has 0 aliphatic heterocycles. The molecule has 2 aromatic rings. The minimum Gasteiger partial charge on any atom is -0.506 e. The third-order valence-corrected chi connectivity index (χ3v) is 3.12. The summed E-state index contributed by atoms with van der Waals surface area (Å²) in [6.07, 6.45) is 0.850. The van der Waals surface area contributed by atoms with Crippen LogP contribution in [0.3, 0.4) is 0 Å². The monoisotopic (exact) mass is 227 g/mol. The molecule has 0 bridgehead atoms. The number of nitrogen functional groups attached to an aromatic ring is 1. The largest absolute Gasteiger partial charge is 0.506 e. The molecule has 2 nitrogen and oxygen atoms in total. The second kappa shape index (κ2) is 4.50. The van der Waals surface area contributed by atoms with Crippen molar-refractivity contribution in [2.24, 2.45) is 0 Å². The Morgan fingerprint density at radius 2 is 1.71 bits per heavy atom. The van der Waals surface area contributed by atoms with E-state index in [1.165, 1.54) is 16.7 Å². The summed E-state index contributed by atoms with van der Waals surface area (Å²) in [7, 11) is 0. The van der Waals surface area contributed by atoms with E-state index in [9.17, 15) is 5.11 Å². The number of rotatable bonds is 2. The van der Waals surface area contributed by atoms with Crippen LogP contribution in [0.4, 0.5) is 5.69 Å². The number of aryl methyl sites for hydroxylation is 2. The molecule has 0 aromatic heterocycles. The minimum atomic E-state index is 0.148. The summed E-state index contributed by atoms with van der Waals surface area (Å²) in [6.45, 7) is 4.23. The van der Waals surface area contributed by atoms with Gasteiger partial charge in [0.2, 0.25) is 0 Å². The van der Waals surface area contributed by atoms with Crippen molar-refractivity contribution in [2.45, 2.75) is 20.3 Å². The minimum absolute atomic E-state index is 0.148. The second-order valence-electron chi connectivity index (χ2n) is 4.44. The Kier molecular flexibility index (Phi) is 3.05. The summed E-state index contributed by atoms with van der Waals surface area (Å²) >= 11 is 0. The van der Waals surface area contributed by atoms with Gasteiger partial charge in [0.1, 0.15) is 5.75 Å². The van der Waals surface area contributed by atoms with E-state index in [4.69, 9.17) is 5.73 Å².